The van der Waals surface area contributed by atoms with Crippen LogP contribution in [0, 0.1) is 0 Å². The highest BCUT2D eigenvalue weighted by Gasteiger charge is 2.22. The zero-order chi connectivity index (χ0) is 16.1. The zero-order valence-corrected chi connectivity index (χ0v) is 15.4. The van der Waals surface area contributed by atoms with Gasteiger partial charge in [0.25, 0.3) is 0 Å². The molecule has 0 aliphatic carbocycles. The first-order valence-corrected chi connectivity index (χ1v) is 7.86. The molecule has 2 heterocycles. The van der Waals surface area contributed by atoms with Crippen molar-refractivity contribution in [3.8, 4) is 0 Å². The Kier molecular flexibility index (Phi) is 8.45. The summed E-state index contributed by atoms with van der Waals surface area (Å²) in [6.45, 7) is 1.67. The van der Waals surface area contributed by atoms with Crippen molar-refractivity contribution < 1.29 is 4.79 Å². The molecule has 136 valence electrons. The topological polar surface area (TPSA) is 84.1 Å². The van der Waals surface area contributed by atoms with E-state index in [4.69, 9.17) is 5.73 Å². The normalized spacial score (nSPS) is 16.3. The first kappa shape index (κ1) is 21.0. The zero-order valence-electron chi connectivity index (χ0n) is 13.8. The highest BCUT2D eigenvalue weighted by atomic mass is 35.5. The van der Waals surface area contributed by atoms with Gasteiger partial charge in [-0.05, 0) is 36.6 Å². The summed E-state index contributed by atoms with van der Waals surface area (Å²) < 4.78 is 0. The fourth-order valence-corrected chi connectivity index (χ4v) is 2.83. The lowest BCUT2D eigenvalue weighted by Gasteiger charge is -2.33. The number of halogens is 2. The third-order valence-electron chi connectivity index (χ3n) is 3.97. The van der Waals surface area contributed by atoms with Gasteiger partial charge >= 0.3 is 0 Å². The number of anilines is 2. The van der Waals surface area contributed by atoms with E-state index in [1.165, 1.54) is 0 Å². The van der Waals surface area contributed by atoms with Crippen molar-refractivity contribution in [2.75, 3.05) is 23.7 Å². The number of hydrogen-bond acceptors (Lipinski definition) is 5. The van der Waals surface area contributed by atoms with Gasteiger partial charge in [-0.25, -0.2) is 9.97 Å². The quantitative estimate of drug-likeness (QED) is 0.790. The number of hydrogen-bond donors (Lipinski definition) is 2. The number of carbonyl (C=O) groups is 1. The Morgan fingerprint density at radius 3 is 2.56 bits per heavy atom. The first-order valence-electron chi connectivity index (χ1n) is 7.86. The second-order valence-electron chi connectivity index (χ2n) is 5.82. The van der Waals surface area contributed by atoms with Gasteiger partial charge in [-0.15, -0.1) is 24.8 Å². The molecule has 8 heteroatoms. The van der Waals surface area contributed by atoms with Gasteiger partial charge in [-0.1, -0.05) is 12.1 Å². The summed E-state index contributed by atoms with van der Waals surface area (Å²) in [5, 5.41) is 3.11. The number of aromatic nitrogens is 2. The molecule has 1 amide bonds. The summed E-state index contributed by atoms with van der Waals surface area (Å²) in [5.41, 5.74) is 7.34. The summed E-state index contributed by atoms with van der Waals surface area (Å²) in [6.07, 6.45) is 5.86. The highest BCUT2D eigenvalue weighted by molar-refractivity contribution is 5.85. The lowest BCUT2D eigenvalue weighted by atomic mass is 10.1. The fraction of sp³-hybridized carbons (Fsp3) is 0.353. The number of piperidine rings is 1. The van der Waals surface area contributed by atoms with Crippen LogP contribution in [-0.4, -0.2) is 35.0 Å². The van der Waals surface area contributed by atoms with Crippen molar-refractivity contribution in [2.45, 2.75) is 25.3 Å². The van der Waals surface area contributed by atoms with Crippen LogP contribution in [0.3, 0.4) is 0 Å². The largest absolute Gasteiger partial charge is 0.399 e. The SMILES string of the molecule is Cl.Cl.Nc1ccc(CC(=O)NC2CCCN(c3ncccn3)C2)cc1. The molecule has 1 atom stereocenters. The standard InChI is InChI=1S/C17H21N5O.2ClH/c18-14-6-4-13(5-7-14)11-16(23)21-15-3-1-10-22(12-15)17-19-8-2-9-20-17;;/h2,4-9,15H,1,3,10-12,18H2,(H,21,23);2*1H. The molecular formula is C17H23Cl2N5O. The maximum absolute atomic E-state index is 12.2. The minimum absolute atomic E-state index is 0. The van der Waals surface area contributed by atoms with Crippen LogP contribution in [0.5, 0.6) is 0 Å². The van der Waals surface area contributed by atoms with Crippen molar-refractivity contribution in [3.63, 3.8) is 0 Å². The molecular weight excluding hydrogens is 361 g/mol. The Morgan fingerprint density at radius 2 is 1.88 bits per heavy atom. The lowest BCUT2D eigenvalue weighted by molar-refractivity contribution is -0.121. The molecule has 0 saturated carbocycles. The minimum atomic E-state index is 0. The number of rotatable bonds is 4. The Morgan fingerprint density at radius 1 is 1.20 bits per heavy atom. The van der Waals surface area contributed by atoms with E-state index in [1.54, 1.807) is 18.5 Å². The molecule has 0 spiro atoms. The van der Waals surface area contributed by atoms with E-state index in [0.29, 0.717) is 12.1 Å². The average molecular weight is 384 g/mol. The van der Waals surface area contributed by atoms with Crippen LogP contribution in [0.25, 0.3) is 0 Å². The van der Waals surface area contributed by atoms with Gasteiger partial charge < -0.3 is 16.0 Å². The molecule has 3 N–H and O–H groups in total. The number of benzene rings is 1. The predicted octanol–water partition coefficient (Wildman–Crippen LogP) is 2.23. The van der Waals surface area contributed by atoms with Gasteiger partial charge in [-0.2, -0.15) is 0 Å². The molecule has 6 nitrogen and oxygen atoms in total. The van der Waals surface area contributed by atoms with Crippen LogP contribution in [0.2, 0.25) is 0 Å². The molecule has 1 aliphatic heterocycles. The van der Waals surface area contributed by atoms with Gasteiger partial charge in [0.15, 0.2) is 0 Å². The summed E-state index contributed by atoms with van der Waals surface area (Å²) in [7, 11) is 0. The van der Waals surface area contributed by atoms with Crippen LogP contribution in [0.15, 0.2) is 42.7 Å². The van der Waals surface area contributed by atoms with E-state index in [9.17, 15) is 4.79 Å². The second-order valence-corrected chi connectivity index (χ2v) is 5.82. The molecule has 1 aromatic heterocycles. The number of carbonyl (C=O) groups excluding carboxylic acids is 1. The van der Waals surface area contributed by atoms with E-state index in [1.807, 2.05) is 24.3 Å². The van der Waals surface area contributed by atoms with Crippen LogP contribution in [0.1, 0.15) is 18.4 Å². The van der Waals surface area contributed by atoms with E-state index in [-0.39, 0.29) is 36.8 Å². The number of amides is 1. The van der Waals surface area contributed by atoms with Crippen LogP contribution in [0.4, 0.5) is 11.6 Å². The summed E-state index contributed by atoms with van der Waals surface area (Å²) in [5.74, 6) is 0.764. The van der Waals surface area contributed by atoms with Crippen molar-refractivity contribution in [2.24, 2.45) is 0 Å². The predicted molar refractivity (Wildman–Crippen MR) is 104 cm³/mol. The molecule has 0 radical (unpaired) electrons. The second kappa shape index (κ2) is 10.1. The van der Waals surface area contributed by atoms with E-state index >= 15 is 0 Å². The molecule has 1 aromatic carbocycles. The molecule has 0 bridgehead atoms. The molecule has 1 fully saturated rings. The first-order chi connectivity index (χ1) is 11.2. The molecule has 1 aliphatic rings. The number of nitrogens with two attached hydrogens (primary N) is 1. The van der Waals surface area contributed by atoms with Gasteiger partial charge in [-0.3, -0.25) is 4.79 Å². The third-order valence-corrected chi connectivity index (χ3v) is 3.97. The van der Waals surface area contributed by atoms with Crippen LogP contribution >= 0.6 is 24.8 Å². The molecule has 25 heavy (non-hydrogen) atoms. The maximum Gasteiger partial charge on any atom is 0.225 e. The number of nitrogen functional groups attached to an aromatic ring is 1. The fourth-order valence-electron chi connectivity index (χ4n) is 2.83. The molecule has 1 unspecified atom stereocenters. The van der Waals surface area contributed by atoms with Crippen LogP contribution in [-0.2, 0) is 11.2 Å². The number of nitrogens with zero attached hydrogens (tertiary/aromatic N) is 3. The molecule has 2 aromatic rings. The average Bonchev–Trinajstić information content (AvgIpc) is 2.58. The van der Waals surface area contributed by atoms with Gasteiger partial charge in [0.2, 0.25) is 11.9 Å². The maximum atomic E-state index is 12.2. The van der Waals surface area contributed by atoms with Gasteiger partial charge in [0, 0.05) is 37.2 Å². The summed E-state index contributed by atoms with van der Waals surface area (Å²) >= 11 is 0. The van der Waals surface area contributed by atoms with Crippen molar-refractivity contribution in [3.05, 3.63) is 48.3 Å². The van der Waals surface area contributed by atoms with Crippen molar-refractivity contribution >= 4 is 42.4 Å². The number of nitrogens with one attached hydrogen (secondary N) is 1. The summed E-state index contributed by atoms with van der Waals surface area (Å²) in [6, 6.07) is 9.35. The van der Waals surface area contributed by atoms with Crippen LogP contribution < -0.4 is 16.0 Å². The van der Waals surface area contributed by atoms with Crippen molar-refractivity contribution in [1.82, 2.24) is 15.3 Å². The Hall–Kier alpha value is -2.05. The summed E-state index contributed by atoms with van der Waals surface area (Å²) in [4.78, 5) is 22.9. The Bertz CT molecular complexity index is 654. The molecule has 3 rings (SSSR count). The Balaban J connectivity index is 0.00000156. The minimum Gasteiger partial charge on any atom is -0.399 e. The Labute approximate surface area is 160 Å². The lowest BCUT2D eigenvalue weighted by Crippen LogP contribution is -2.48. The third kappa shape index (κ3) is 6.07. The van der Waals surface area contributed by atoms with Gasteiger partial charge in [0.05, 0.1) is 6.42 Å². The highest BCUT2D eigenvalue weighted by Crippen LogP contribution is 2.15. The smallest absolute Gasteiger partial charge is 0.225 e. The monoisotopic (exact) mass is 383 g/mol. The van der Waals surface area contributed by atoms with Gasteiger partial charge in [0.1, 0.15) is 0 Å². The van der Waals surface area contributed by atoms with E-state index in [2.05, 4.69) is 20.2 Å². The van der Waals surface area contributed by atoms with E-state index < -0.39 is 0 Å². The van der Waals surface area contributed by atoms with E-state index in [0.717, 1.165) is 37.4 Å². The molecule has 1 saturated heterocycles. The van der Waals surface area contributed by atoms with Crippen molar-refractivity contribution in [1.29, 1.82) is 0 Å².